The Balaban J connectivity index is 2.05. The Morgan fingerprint density at radius 2 is 1.80 bits per heavy atom. The number of aliphatic hydroxyl groups excluding tert-OH is 1. The number of allylic oxidation sites excluding steroid dienone is 1. The van der Waals surface area contributed by atoms with E-state index in [1.807, 2.05) is 61.0 Å². The van der Waals surface area contributed by atoms with E-state index < -0.39 is 34.6 Å². The molecule has 0 saturated heterocycles. The first kappa shape index (κ1) is 22.2. The summed E-state index contributed by atoms with van der Waals surface area (Å²) in [7, 11) is -1.72. The topological polar surface area (TPSA) is 83.8 Å². The number of aliphatic carboxylic acids is 1. The number of hydrogen-bond donors (Lipinski definition) is 2. The van der Waals surface area contributed by atoms with Gasteiger partial charge in [-0.1, -0.05) is 58.3 Å². The molecule has 2 aromatic carbocycles. The van der Waals surface area contributed by atoms with Gasteiger partial charge in [0.2, 0.25) is 0 Å². The summed E-state index contributed by atoms with van der Waals surface area (Å²) in [6.45, 7) is 0. The van der Waals surface area contributed by atoms with E-state index in [0.29, 0.717) is 5.02 Å². The van der Waals surface area contributed by atoms with Crippen molar-refractivity contribution in [3.05, 3.63) is 81.7 Å². The smallest absolute Gasteiger partial charge is 0.310 e. The van der Waals surface area contributed by atoms with Gasteiger partial charge in [0.25, 0.3) is 0 Å². The van der Waals surface area contributed by atoms with Crippen molar-refractivity contribution in [1.82, 2.24) is 0 Å². The largest absolute Gasteiger partial charge is 0.481 e. The number of aliphatic hydroxyl groups is 1. The number of halogens is 1. The second-order valence-corrected chi connectivity index (χ2v) is 10.8. The fourth-order valence-corrected chi connectivity index (χ4v) is 5.23. The first-order valence-electron chi connectivity index (χ1n) is 9.29. The summed E-state index contributed by atoms with van der Waals surface area (Å²) >= 11 is 6.07. The van der Waals surface area contributed by atoms with Gasteiger partial charge in [0.15, 0.2) is 0 Å². The van der Waals surface area contributed by atoms with Crippen LogP contribution in [0.2, 0.25) is 5.02 Å². The molecule has 1 aliphatic rings. The number of carboxylic acids is 1. The van der Waals surface area contributed by atoms with E-state index >= 15 is 0 Å². The van der Waals surface area contributed by atoms with Crippen LogP contribution in [0.15, 0.2) is 65.6 Å². The van der Waals surface area contributed by atoms with Gasteiger partial charge in [-0.25, -0.2) is 0 Å². The molecule has 0 aliphatic carbocycles. The minimum absolute atomic E-state index is 0.250. The third kappa shape index (κ3) is 5.14. The van der Waals surface area contributed by atoms with Gasteiger partial charge >= 0.3 is 5.97 Å². The maximum absolute atomic E-state index is 11.7. The molecule has 1 heterocycles. The van der Waals surface area contributed by atoms with Crippen LogP contribution in [0.25, 0.3) is 5.57 Å². The molecule has 0 bridgehead atoms. The maximum Gasteiger partial charge on any atom is 0.310 e. The zero-order valence-corrected chi connectivity index (χ0v) is 18.2. The molecule has 5 nitrogen and oxygen atoms in total. The summed E-state index contributed by atoms with van der Waals surface area (Å²) < 4.78 is 6.30. The second-order valence-electron chi connectivity index (χ2n) is 7.30. The quantitative estimate of drug-likeness (QED) is 0.595. The number of benzene rings is 2. The van der Waals surface area contributed by atoms with Crippen molar-refractivity contribution in [2.45, 2.75) is 18.9 Å². The van der Waals surface area contributed by atoms with Crippen molar-refractivity contribution < 1.29 is 24.0 Å². The lowest BCUT2D eigenvalue weighted by Crippen LogP contribution is -2.16. The van der Waals surface area contributed by atoms with Gasteiger partial charge in [-0.05, 0) is 29.8 Å². The highest BCUT2D eigenvalue weighted by Crippen LogP contribution is 2.59. The van der Waals surface area contributed by atoms with E-state index in [1.165, 1.54) is 6.08 Å². The standard InChI is InChI=1S/C23H23ClO5S/c1-30(2)21(12-11-17(25)13-18(26)14-22(27)28)23(15-7-9-16(24)10-8-15)19-5-3-4-6-20(19)29-30/h3-12,17,25H,13-14H2,1-2H3,(H,27,28)/b12-11+. The van der Waals surface area contributed by atoms with Crippen LogP contribution in [-0.2, 0) is 9.59 Å². The molecule has 1 aliphatic heterocycles. The van der Waals surface area contributed by atoms with Gasteiger partial charge in [-0.15, -0.1) is 0 Å². The first-order chi connectivity index (χ1) is 14.2. The summed E-state index contributed by atoms with van der Waals surface area (Å²) in [6.07, 6.45) is 5.41. The van der Waals surface area contributed by atoms with Crippen molar-refractivity contribution in [3.8, 4) is 5.75 Å². The Morgan fingerprint density at radius 3 is 2.47 bits per heavy atom. The normalized spacial score (nSPS) is 17.2. The Hall–Kier alpha value is -2.54. The summed E-state index contributed by atoms with van der Waals surface area (Å²) in [6, 6.07) is 15.3. The molecule has 7 heteroatoms. The number of rotatable bonds is 7. The predicted octanol–water partition coefficient (Wildman–Crippen LogP) is 4.82. The van der Waals surface area contributed by atoms with Crippen LogP contribution >= 0.6 is 21.9 Å². The molecule has 1 unspecified atom stereocenters. The number of ketones is 1. The fraction of sp³-hybridized carbons (Fsp3) is 0.217. The van der Waals surface area contributed by atoms with E-state index in [-0.39, 0.29) is 6.42 Å². The lowest BCUT2D eigenvalue weighted by molar-refractivity contribution is -0.140. The summed E-state index contributed by atoms with van der Waals surface area (Å²) in [5.74, 6) is -0.938. The molecule has 0 aromatic heterocycles. The zero-order chi connectivity index (χ0) is 21.9. The van der Waals surface area contributed by atoms with Crippen LogP contribution in [0.4, 0.5) is 0 Å². The van der Waals surface area contributed by atoms with Crippen LogP contribution in [0.3, 0.4) is 0 Å². The molecule has 158 valence electrons. The molecule has 2 N–H and O–H groups in total. The molecule has 0 fully saturated rings. The third-order valence-electron chi connectivity index (χ3n) is 4.62. The van der Waals surface area contributed by atoms with Gasteiger partial charge in [0.1, 0.15) is 18.0 Å². The van der Waals surface area contributed by atoms with Gasteiger partial charge in [0, 0.05) is 40.0 Å². The third-order valence-corrected chi connectivity index (χ3v) is 6.87. The summed E-state index contributed by atoms with van der Waals surface area (Å²) in [4.78, 5) is 23.3. The highest BCUT2D eigenvalue weighted by Gasteiger charge is 2.30. The van der Waals surface area contributed by atoms with Crippen molar-refractivity contribution in [2.24, 2.45) is 0 Å². The van der Waals surface area contributed by atoms with Crippen LogP contribution in [0.1, 0.15) is 24.0 Å². The SMILES string of the molecule is CS1(C)Oc2ccccc2C(c2ccc(Cl)cc2)=C1/C=C/C(O)CC(=O)CC(=O)O. The molecule has 3 rings (SSSR count). The molecular weight excluding hydrogens is 424 g/mol. The highest BCUT2D eigenvalue weighted by atomic mass is 35.5. The monoisotopic (exact) mass is 446 g/mol. The Kier molecular flexibility index (Phi) is 6.71. The molecule has 1 atom stereocenters. The van der Waals surface area contributed by atoms with E-state index in [4.69, 9.17) is 20.9 Å². The van der Waals surface area contributed by atoms with Crippen LogP contribution < -0.4 is 4.18 Å². The number of Topliss-reactive ketones (excluding diaryl/α,β-unsaturated/α-hetero) is 1. The predicted molar refractivity (Wildman–Crippen MR) is 121 cm³/mol. The average Bonchev–Trinajstić information content (AvgIpc) is 2.65. The molecule has 0 saturated carbocycles. The van der Waals surface area contributed by atoms with Crippen LogP contribution in [0.5, 0.6) is 5.75 Å². The van der Waals surface area contributed by atoms with Crippen molar-refractivity contribution in [2.75, 3.05) is 12.5 Å². The number of carbonyl (C=O) groups is 2. The Morgan fingerprint density at radius 1 is 1.13 bits per heavy atom. The number of hydrogen-bond acceptors (Lipinski definition) is 4. The maximum atomic E-state index is 11.7. The van der Waals surface area contributed by atoms with Crippen LogP contribution in [-0.4, -0.2) is 40.6 Å². The fourth-order valence-electron chi connectivity index (χ4n) is 3.30. The lowest BCUT2D eigenvalue weighted by Gasteiger charge is -2.40. The van der Waals surface area contributed by atoms with Gasteiger partial charge in [0.05, 0.1) is 6.10 Å². The van der Waals surface area contributed by atoms with Gasteiger partial charge in [-0.3, -0.25) is 9.59 Å². The van der Waals surface area contributed by atoms with Crippen LogP contribution in [0, 0.1) is 0 Å². The van der Waals surface area contributed by atoms with E-state index in [1.54, 1.807) is 6.08 Å². The summed E-state index contributed by atoms with van der Waals surface area (Å²) in [5.41, 5.74) is 2.88. The molecule has 30 heavy (non-hydrogen) atoms. The van der Waals surface area contributed by atoms with Crippen molar-refractivity contribution >= 4 is 39.2 Å². The molecule has 2 aromatic rings. The van der Waals surface area contributed by atoms with Gasteiger partial charge in [-0.2, -0.15) is 0 Å². The van der Waals surface area contributed by atoms with E-state index in [0.717, 1.165) is 27.4 Å². The molecule has 0 amide bonds. The summed E-state index contributed by atoms with van der Waals surface area (Å²) in [5, 5.41) is 19.6. The zero-order valence-electron chi connectivity index (χ0n) is 16.7. The minimum Gasteiger partial charge on any atom is -0.481 e. The Bertz CT molecular complexity index is 1020. The van der Waals surface area contributed by atoms with Gasteiger partial charge < -0.3 is 14.4 Å². The second kappa shape index (κ2) is 9.08. The van der Waals surface area contributed by atoms with Crippen molar-refractivity contribution in [3.63, 3.8) is 0 Å². The molecular formula is C23H23ClO5S. The van der Waals surface area contributed by atoms with E-state index in [9.17, 15) is 14.7 Å². The van der Waals surface area contributed by atoms with Crippen molar-refractivity contribution in [1.29, 1.82) is 0 Å². The minimum atomic E-state index is -1.72. The Labute approximate surface area is 182 Å². The number of carbonyl (C=O) groups excluding carboxylic acids is 1. The molecule has 0 spiro atoms. The molecule has 0 radical (unpaired) electrons. The number of carboxylic acid groups (broad SMARTS) is 1. The first-order valence-corrected chi connectivity index (χ1v) is 12.0. The number of para-hydroxylation sites is 1. The average molecular weight is 447 g/mol. The lowest BCUT2D eigenvalue weighted by atomic mass is 9.96. The highest BCUT2D eigenvalue weighted by molar-refractivity contribution is 8.32. The number of fused-ring (bicyclic) bond motifs is 1. The van der Waals surface area contributed by atoms with E-state index in [2.05, 4.69) is 0 Å².